The zero-order valence-electron chi connectivity index (χ0n) is 39.9. The summed E-state index contributed by atoms with van der Waals surface area (Å²) >= 11 is 0. The summed E-state index contributed by atoms with van der Waals surface area (Å²) in [6.45, 7) is 38.0. The summed E-state index contributed by atoms with van der Waals surface area (Å²) in [6.07, 6.45) is 7.75. The SMILES string of the molecule is CC(C)(C)C[C@@H]([NH3+])CO.CC(C)(C)C[C@H]([NH3+])CO.CC(C)(C)C[C@H]([NH3+])Cc1ccccc1.C[C@H]([NH3+])CC(C)(C)C.Cc1ccc(C[C@H]([NH3+])CC(C)(C)C)cc1. The molecule has 7 nitrogen and oxygen atoms in total. The smallest absolute Gasteiger partial charge is 0.108 e. The third kappa shape index (κ3) is 46.4. The quantitative estimate of drug-likeness (QED) is 0.149. The summed E-state index contributed by atoms with van der Waals surface area (Å²) in [5, 5.41) is 17.3. The normalized spacial score (nSPS) is 14.8. The van der Waals surface area contributed by atoms with Gasteiger partial charge in [-0.25, -0.2) is 0 Å². The number of aryl methyl sites for hydroxylation is 1. The van der Waals surface area contributed by atoms with E-state index in [1.807, 2.05) is 0 Å². The molecule has 2 aromatic rings. The molecule has 0 aliphatic carbocycles. The first kappa shape index (κ1) is 57.5. The predicted octanol–water partition coefficient (Wildman–Crippen LogP) is 5.96. The molecule has 0 radical (unpaired) electrons. The molecular weight excluding hydrogens is 679 g/mol. The van der Waals surface area contributed by atoms with Crippen LogP contribution in [-0.4, -0.2) is 53.6 Å². The molecule has 2 rings (SSSR count). The van der Waals surface area contributed by atoms with Gasteiger partial charge in [-0.3, -0.25) is 0 Å². The van der Waals surface area contributed by atoms with Gasteiger partial charge in [0.2, 0.25) is 0 Å². The standard InChI is InChI=1S/C14H23N.C13H21N.2C7H17NO.C7H17N/c1-11-5-7-12(8-6-11)9-13(15)10-14(2,3)4;1-13(2,3)10-12(14)9-11-7-5-4-6-8-11;2*1-7(2,3)4-6(8)5-9;1-6(8)5-7(2,3)4/h5-8,13H,9-10,15H2,1-4H3;4-8,12H,9-10,14H2,1-3H3;2*6,9H,4-5,8H2,1-3H3;6H,5,8H2,1-4H3/p+5/t13-;12-;3*6-/m01100/s1. The molecule has 0 spiro atoms. The number of hydrogen-bond acceptors (Lipinski definition) is 2. The van der Waals surface area contributed by atoms with Crippen LogP contribution in [0.2, 0.25) is 0 Å². The van der Waals surface area contributed by atoms with Gasteiger partial charge in [0.1, 0.15) is 12.1 Å². The molecule has 324 valence electrons. The highest BCUT2D eigenvalue weighted by Crippen LogP contribution is 2.23. The molecule has 0 aliphatic heterocycles. The molecule has 0 heterocycles. The molecule has 5 atom stereocenters. The maximum Gasteiger partial charge on any atom is 0.108 e. The van der Waals surface area contributed by atoms with Crippen molar-refractivity contribution in [3.05, 3.63) is 71.3 Å². The van der Waals surface area contributed by atoms with Crippen molar-refractivity contribution in [2.45, 2.75) is 193 Å². The third-order valence-corrected chi connectivity index (χ3v) is 8.09. The van der Waals surface area contributed by atoms with Crippen molar-refractivity contribution in [2.75, 3.05) is 13.2 Å². The van der Waals surface area contributed by atoms with Crippen molar-refractivity contribution < 1.29 is 38.9 Å². The second-order valence-electron chi connectivity index (χ2n) is 22.6. The summed E-state index contributed by atoms with van der Waals surface area (Å²) in [7, 11) is 0. The molecule has 55 heavy (non-hydrogen) atoms. The molecule has 0 fully saturated rings. The van der Waals surface area contributed by atoms with Gasteiger partial charge in [0.05, 0.1) is 31.3 Å². The van der Waals surface area contributed by atoms with Crippen LogP contribution in [0.5, 0.6) is 0 Å². The number of rotatable bonds is 11. The lowest BCUT2D eigenvalue weighted by Gasteiger charge is -2.20. The van der Waals surface area contributed by atoms with E-state index in [1.54, 1.807) is 0 Å². The van der Waals surface area contributed by atoms with Gasteiger partial charge in [0.15, 0.2) is 0 Å². The summed E-state index contributed by atoms with van der Waals surface area (Å²) in [5.74, 6) is 0. The summed E-state index contributed by atoms with van der Waals surface area (Å²) in [5.41, 5.74) is 25.9. The second kappa shape index (κ2) is 27.7. The summed E-state index contributed by atoms with van der Waals surface area (Å²) in [6, 6.07) is 21.4. The lowest BCUT2D eigenvalue weighted by Crippen LogP contribution is -2.63. The minimum atomic E-state index is 0.199. The second-order valence-corrected chi connectivity index (χ2v) is 22.6. The predicted molar refractivity (Wildman–Crippen MR) is 239 cm³/mol. The van der Waals surface area contributed by atoms with Crippen molar-refractivity contribution in [3.63, 3.8) is 0 Å². The Bertz CT molecular complexity index is 1140. The van der Waals surface area contributed by atoms with E-state index in [-0.39, 0.29) is 25.3 Å². The first-order chi connectivity index (χ1) is 24.7. The van der Waals surface area contributed by atoms with E-state index in [9.17, 15) is 0 Å². The highest BCUT2D eigenvalue weighted by atomic mass is 16.3. The summed E-state index contributed by atoms with van der Waals surface area (Å²) < 4.78 is 0. The Balaban J connectivity index is -0.000000631. The Morgan fingerprint density at radius 1 is 0.418 bits per heavy atom. The Kier molecular flexibility index (Phi) is 29.0. The maximum absolute atomic E-state index is 8.64. The fourth-order valence-corrected chi connectivity index (χ4v) is 6.79. The van der Waals surface area contributed by atoms with Crippen LogP contribution in [0.1, 0.15) is 160 Å². The highest BCUT2D eigenvalue weighted by molar-refractivity contribution is 5.21. The fraction of sp³-hybridized carbons (Fsp3) is 0.750. The highest BCUT2D eigenvalue weighted by Gasteiger charge is 2.20. The Morgan fingerprint density at radius 3 is 0.909 bits per heavy atom. The zero-order valence-corrected chi connectivity index (χ0v) is 39.9. The molecule has 7 heteroatoms. The maximum atomic E-state index is 8.64. The number of aliphatic hydroxyl groups excluding tert-OH is 2. The monoisotopic (exact) mass is 779 g/mol. The molecule has 0 aliphatic rings. The van der Waals surface area contributed by atoms with E-state index in [2.05, 4.69) is 201 Å². The van der Waals surface area contributed by atoms with E-state index >= 15 is 0 Å². The van der Waals surface area contributed by atoms with Gasteiger partial charge >= 0.3 is 0 Å². The van der Waals surface area contributed by atoms with Crippen LogP contribution < -0.4 is 28.7 Å². The molecule has 0 aromatic heterocycles. The van der Waals surface area contributed by atoms with E-state index in [0.717, 1.165) is 25.7 Å². The van der Waals surface area contributed by atoms with Crippen LogP contribution in [0.3, 0.4) is 0 Å². The minimum Gasteiger partial charge on any atom is -0.390 e. The third-order valence-electron chi connectivity index (χ3n) is 8.09. The number of aliphatic hydroxyl groups is 2. The van der Waals surface area contributed by atoms with Crippen LogP contribution in [0.4, 0.5) is 0 Å². The van der Waals surface area contributed by atoms with Crippen LogP contribution in [0.25, 0.3) is 0 Å². The molecule has 0 bridgehead atoms. The summed E-state index contributed by atoms with van der Waals surface area (Å²) in [4.78, 5) is 0. The Labute approximate surface area is 342 Å². The first-order valence-corrected chi connectivity index (χ1v) is 21.1. The zero-order chi connectivity index (χ0) is 43.8. The van der Waals surface area contributed by atoms with Gasteiger partial charge in [0.25, 0.3) is 0 Å². The minimum absolute atomic E-state index is 0.199. The van der Waals surface area contributed by atoms with E-state index in [0.29, 0.717) is 45.2 Å². The van der Waals surface area contributed by atoms with Crippen molar-refractivity contribution in [3.8, 4) is 0 Å². The van der Waals surface area contributed by atoms with Crippen molar-refractivity contribution in [1.29, 1.82) is 0 Å². The number of hydrogen-bond donors (Lipinski definition) is 7. The Morgan fingerprint density at radius 2 is 0.691 bits per heavy atom. The van der Waals surface area contributed by atoms with E-state index in [1.165, 1.54) is 36.0 Å². The molecule has 0 saturated heterocycles. The van der Waals surface area contributed by atoms with Crippen LogP contribution >= 0.6 is 0 Å². The van der Waals surface area contributed by atoms with Crippen molar-refractivity contribution in [1.82, 2.24) is 0 Å². The largest absolute Gasteiger partial charge is 0.390 e. The average Bonchev–Trinajstić information content (AvgIpc) is 2.95. The molecule has 0 saturated carbocycles. The average molecular weight is 779 g/mol. The topological polar surface area (TPSA) is 179 Å². The van der Waals surface area contributed by atoms with Gasteiger partial charge in [-0.2, -0.15) is 0 Å². The number of benzene rings is 2. The molecule has 0 unspecified atom stereocenters. The van der Waals surface area contributed by atoms with E-state index in [4.69, 9.17) is 10.2 Å². The fourth-order valence-electron chi connectivity index (χ4n) is 6.79. The van der Waals surface area contributed by atoms with Crippen LogP contribution in [0.15, 0.2) is 54.6 Å². The van der Waals surface area contributed by atoms with Crippen LogP contribution in [0, 0.1) is 34.0 Å². The van der Waals surface area contributed by atoms with Gasteiger partial charge < -0.3 is 38.9 Å². The van der Waals surface area contributed by atoms with Gasteiger partial charge in [-0.1, -0.05) is 164 Å². The lowest BCUT2D eigenvalue weighted by molar-refractivity contribution is -0.430. The first-order valence-electron chi connectivity index (χ1n) is 21.1. The number of quaternary nitrogens is 5. The van der Waals surface area contributed by atoms with Crippen molar-refractivity contribution in [2.24, 2.45) is 27.1 Å². The molecule has 0 amide bonds. The van der Waals surface area contributed by atoms with Crippen LogP contribution in [-0.2, 0) is 12.8 Å². The van der Waals surface area contributed by atoms with E-state index < -0.39 is 0 Å². The van der Waals surface area contributed by atoms with Crippen molar-refractivity contribution >= 4 is 0 Å². The molecular formula is C48H100N5O2+5. The van der Waals surface area contributed by atoms with Gasteiger partial charge in [-0.15, -0.1) is 0 Å². The lowest BCUT2D eigenvalue weighted by atomic mass is 9.86. The van der Waals surface area contributed by atoms with Gasteiger partial charge in [-0.05, 0) is 52.0 Å². The van der Waals surface area contributed by atoms with Gasteiger partial charge in [0, 0.05) is 44.9 Å². The Hall–Kier alpha value is -1.84. The molecule has 17 N–H and O–H groups in total. The molecule has 2 aromatic carbocycles.